The fraction of sp³-hybridized carbons (Fsp3) is 0.333. The molecule has 0 spiro atoms. The molecule has 0 bridgehead atoms. The van der Waals surface area contributed by atoms with Crippen molar-refractivity contribution in [1.82, 2.24) is 9.88 Å². The van der Waals surface area contributed by atoms with Crippen LogP contribution < -0.4 is 0 Å². The Bertz CT molecular complexity index is 546. The molecule has 88 valence electrons. The fourth-order valence-corrected chi connectivity index (χ4v) is 2.70. The molecular weight excluding hydrogens is 236 g/mol. The molecule has 1 saturated heterocycles. The first kappa shape index (κ1) is 10.7. The second kappa shape index (κ2) is 4.43. The van der Waals surface area contributed by atoms with E-state index in [0.29, 0.717) is 32.0 Å². The van der Waals surface area contributed by atoms with Crippen molar-refractivity contribution in [2.45, 2.75) is 0 Å². The molecule has 0 atom stereocenters. The van der Waals surface area contributed by atoms with Gasteiger partial charge in [-0.3, -0.25) is 9.78 Å². The van der Waals surface area contributed by atoms with Crippen molar-refractivity contribution < 1.29 is 9.53 Å². The molecule has 1 aliphatic heterocycles. The Hall–Kier alpha value is -1.46. The van der Waals surface area contributed by atoms with Crippen LogP contribution in [0.1, 0.15) is 10.5 Å². The lowest BCUT2D eigenvalue weighted by Gasteiger charge is -2.26. The van der Waals surface area contributed by atoms with E-state index in [1.807, 2.05) is 17.5 Å². The zero-order valence-corrected chi connectivity index (χ0v) is 10.1. The molecule has 0 N–H and O–H groups in total. The van der Waals surface area contributed by atoms with Crippen LogP contribution in [0.3, 0.4) is 0 Å². The number of fused-ring (bicyclic) bond motifs is 1. The van der Waals surface area contributed by atoms with E-state index in [9.17, 15) is 4.79 Å². The number of hydrogen-bond donors (Lipinski definition) is 0. The van der Waals surface area contributed by atoms with Gasteiger partial charge in [0.1, 0.15) is 5.69 Å². The van der Waals surface area contributed by atoms with Gasteiger partial charge in [0, 0.05) is 29.4 Å². The maximum Gasteiger partial charge on any atom is 0.272 e. The Labute approximate surface area is 103 Å². The average Bonchev–Trinajstić information content (AvgIpc) is 2.86. The number of thiophene rings is 1. The lowest BCUT2D eigenvalue weighted by Crippen LogP contribution is -2.41. The van der Waals surface area contributed by atoms with Crippen LogP contribution in [0.2, 0.25) is 0 Å². The molecule has 3 heterocycles. The SMILES string of the molecule is O=C(c1cc2sccc2cn1)N1CCOCC1. The second-order valence-electron chi connectivity index (χ2n) is 3.93. The summed E-state index contributed by atoms with van der Waals surface area (Å²) in [5.41, 5.74) is 0.529. The van der Waals surface area contributed by atoms with Crippen LogP contribution in [0.4, 0.5) is 0 Å². The van der Waals surface area contributed by atoms with Gasteiger partial charge in [-0.15, -0.1) is 11.3 Å². The third-order valence-corrected chi connectivity index (χ3v) is 3.73. The summed E-state index contributed by atoms with van der Waals surface area (Å²) >= 11 is 1.63. The minimum atomic E-state index is 0.00333. The molecule has 1 aliphatic rings. The second-order valence-corrected chi connectivity index (χ2v) is 4.88. The summed E-state index contributed by atoms with van der Waals surface area (Å²) in [6.45, 7) is 2.55. The number of carbonyl (C=O) groups is 1. The average molecular weight is 248 g/mol. The van der Waals surface area contributed by atoms with Crippen molar-refractivity contribution in [3.63, 3.8) is 0 Å². The van der Waals surface area contributed by atoms with Gasteiger partial charge in [-0.2, -0.15) is 0 Å². The largest absolute Gasteiger partial charge is 0.378 e. The number of amides is 1. The van der Waals surface area contributed by atoms with Crippen molar-refractivity contribution in [3.8, 4) is 0 Å². The highest BCUT2D eigenvalue weighted by Crippen LogP contribution is 2.20. The van der Waals surface area contributed by atoms with Crippen molar-refractivity contribution in [1.29, 1.82) is 0 Å². The van der Waals surface area contributed by atoms with Crippen LogP contribution >= 0.6 is 11.3 Å². The van der Waals surface area contributed by atoms with E-state index < -0.39 is 0 Å². The minimum Gasteiger partial charge on any atom is -0.378 e. The predicted octanol–water partition coefficient (Wildman–Crippen LogP) is 1.77. The fourth-order valence-electron chi connectivity index (χ4n) is 1.90. The first-order chi connectivity index (χ1) is 8.34. The predicted molar refractivity (Wildman–Crippen MR) is 66.3 cm³/mol. The third-order valence-electron chi connectivity index (χ3n) is 2.86. The highest BCUT2D eigenvalue weighted by atomic mass is 32.1. The molecule has 17 heavy (non-hydrogen) atoms. The number of pyridine rings is 1. The van der Waals surface area contributed by atoms with Gasteiger partial charge < -0.3 is 9.64 Å². The molecular formula is C12H12N2O2S. The van der Waals surface area contributed by atoms with Crippen LogP contribution in [0, 0.1) is 0 Å². The summed E-state index contributed by atoms with van der Waals surface area (Å²) in [5, 5.41) is 3.10. The van der Waals surface area contributed by atoms with Crippen LogP contribution in [0.15, 0.2) is 23.7 Å². The first-order valence-electron chi connectivity index (χ1n) is 5.55. The lowest BCUT2D eigenvalue weighted by atomic mass is 10.2. The molecule has 0 aromatic carbocycles. The van der Waals surface area contributed by atoms with E-state index >= 15 is 0 Å². The highest BCUT2D eigenvalue weighted by Gasteiger charge is 2.19. The monoisotopic (exact) mass is 248 g/mol. The summed E-state index contributed by atoms with van der Waals surface area (Å²) in [6.07, 6.45) is 1.76. The zero-order valence-electron chi connectivity index (χ0n) is 9.26. The van der Waals surface area contributed by atoms with Gasteiger partial charge in [0.2, 0.25) is 0 Å². The lowest BCUT2D eigenvalue weighted by molar-refractivity contribution is 0.0299. The zero-order chi connectivity index (χ0) is 11.7. The topological polar surface area (TPSA) is 42.4 Å². The van der Waals surface area contributed by atoms with Gasteiger partial charge in [0.25, 0.3) is 5.91 Å². The number of carbonyl (C=O) groups excluding carboxylic acids is 1. The molecule has 0 saturated carbocycles. The minimum absolute atomic E-state index is 0.00333. The summed E-state index contributed by atoms with van der Waals surface area (Å²) in [7, 11) is 0. The smallest absolute Gasteiger partial charge is 0.272 e. The molecule has 0 unspecified atom stereocenters. The van der Waals surface area contributed by atoms with Gasteiger partial charge in [0.05, 0.1) is 13.2 Å². The normalized spacial score (nSPS) is 16.4. The summed E-state index contributed by atoms with van der Waals surface area (Å²) in [5.74, 6) is 0.00333. The molecule has 0 radical (unpaired) electrons. The number of ether oxygens (including phenoxy) is 1. The molecule has 4 nitrogen and oxygen atoms in total. The number of morpholine rings is 1. The van der Waals surface area contributed by atoms with Crippen molar-refractivity contribution in [3.05, 3.63) is 29.4 Å². The number of nitrogens with zero attached hydrogens (tertiary/aromatic N) is 2. The van der Waals surface area contributed by atoms with E-state index in [1.54, 1.807) is 22.4 Å². The Morgan fingerprint density at radius 1 is 1.41 bits per heavy atom. The molecule has 1 amide bonds. The van der Waals surface area contributed by atoms with E-state index in [4.69, 9.17) is 4.74 Å². The van der Waals surface area contributed by atoms with Gasteiger partial charge in [-0.05, 0) is 17.5 Å². The van der Waals surface area contributed by atoms with Crippen molar-refractivity contribution >= 4 is 27.3 Å². The number of aromatic nitrogens is 1. The van der Waals surface area contributed by atoms with Crippen molar-refractivity contribution in [2.75, 3.05) is 26.3 Å². The van der Waals surface area contributed by atoms with Gasteiger partial charge in [-0.25, -0.2) is 0 Å². The first-order valence-corrected chi connectivity index (χ1v) is 6.43. The van der Waals surface area contributed by atoms with Crippen LogP contribution in [0.25, 0.3) is 10.1 Å². The third kappa shape index (κ3) is 2.03. The quantitative estimate of drug-likeness (QED) is 0.772. The van der Waals surface area contributed by atoms with Gasteiger partial charge in [-0.1, -0.05) is 0 Å². The van der Waals surface area contributed by atoms with Gasteiger partial charge >= 0.3 is 0 Å². The van der Waals surface area contributed by atoms with E-state index in [1.165, 1.54) is 0 Å². The van der Waals surface area contributed by atoms with Gasteiger partial charge in [0.15, 0.2) is 0 Å². The van der Waals surface area contributed by atoms with Crippen LogP contribution in [-0.4, -0.2) is 42.1 Å². The summed E-state index contributed by atoms with van der Waals surface area (Å²) < 4.78 is 6.34. The molecule has 5 heteroatoms. The Balaban J connectivity index is 1.88. The molecule has 0 aliphatic carbocycles. The Morgan fingerprint density at radius 2 is 2.24 bits per heavy atom. The van der Waals surface area contributed by atoms with E-state index in [0.717, 1.165) is 10.1 Å². The Morgan fingerprint density at radius 3 is 3.06 bits per heavy atom. The molecule has 1 fully saturated rings. The van der Waals surface area contributed by atoms with Crippen LogP contribution in [-0.2, 0) is 4.74 Å². The standard InChI is InChI=1S/C12H12N2O2S/c15-12(14-2-4-16-5-3-14)10-7-11-9(8-13-10)1-6-17-11/h1,6-8H,2-5H2. The highest BCUT2D eigenvalue weighted by molar-refractivity contribution is 7.17. The molecule has 3 rings (SSSR count). The van der Waals surface area contributed by atoms with E-state index in [2.05, 4.69) is 4.98 Å². The number of rotatable bonds is 1. The maximum absolute atomic E-state index is 12.2. The van der Waals surface area contributed by atoms with Crippen molar-refractivity contribution in [2.24, 2.45) is 0 Å². The summed E-state index contributed by atoms with van der Waals surface area (Å²) in [4.78, 5) is 18.2. The maximum atomic E-state index is 12.2. The summed E-state index contributed by atoms with van der Waals surface area (Å²) in [6, 6.07) is 3.88. The number of hydrogen-bond acceptors (Lipinski definition) is 4. The Kier molecular flexibility index (Phi) is 2.78. The van der Waals surface area contributed by atoms with Crippen LogP contribution in [0.5, 0.6) is 0 Å². The molecule has 2 aromatic rings. The molecule has 2 aromatic heterocycles. The van der Waals surface area contributed by atoms with E-state index in [-0.39, 0.29) is 5.91 Å².